The van der Waals surface area contributed by atoms with Gasteiger partial charge in [0.1, 0.15) is 0 Å². The molecule has 0 spiro atoms. The van der Waals surface area contributed by atoms with Gasteiger partial charge in [0.05, 0.1) is 5.25 Å². The van der Waals surface area contributed by atoms with E-state index in [2.05, 4.69) is 73.2 Å². The minimum atomic E-state index is 0.420. The van der Waals surface area contributed by atoms with Crippen molar-refractivity contribution in [1.29, 1.82) is 0 Å². The van der Waals surface area contributed by atoms with Crippen LogP contribution in [0.5, 0.6) is 0 Å². The molecular weight excluding hydrogens is 256 g/mol. The van der Waals surface area contributed by atoms with Crippen molar-refractivity contribution < 1.29 is 0 Å². The van der Waals surface area contributed by atoms with Gasteiger partial charge in [-0.1, -0.05) is 60.7 Å². The average Bonchev–Trinajstić information content (AvgIpc) is 2.46. The highest BCUT2D eigenvalue weighted by atomic mass is 32.2. The minimum absolute atomic E-state index is 0.420. The van der Waals surface area contributed by atoms with Crippen LogP contribution in [0, 0.1) is 5.25 Å². The molecule has 0 aliphatic rings. The molecule has 0 aromatic heterocycles. The standard InChI is InChI=1S/C16H17S2/c1-17-15(13-9-5-3-6-10-13)16(18-2)14-11-7-4-8-12-14/h3-12,15H,1-2H3. The molecule has 18 heavy (non-hydrogen) atoms. The van der Waals surface area contributed by atoms with Crippen LogP contribution >= 0.6 is 23.5 Å². The lowest BCUT2D eigenvalue weighted by Gasteiger charge is -2.24. The molecule has 0 amide bonds. The van der Waals surface area contributed by atoms with Crippen LogP contribution in [-0.4, -0.2) is 12.5 Å². The fraction of sp³-hybridized carbons (Fsp3) is 0.188. The number of rotatable bonds is 5. The molecule has 0 saturated heterocycles. The maximum atomic E-state index is 2.21. The van der Waals surface area contributed by atoms with Crippen molar-refractivity contribution in [3.63, 3.8) is 0 Å². The highest BCUT2D eigenvalue weighted by Crippen LogP contribution is 2.45. The summed E-state index contributed by atoms with van der Waals surface area (Å²) in [5.41, 5.74) is 2.70. The Kier molecular flexibility index (Phi) is 5.21. The first-order chi connectivity index (χ1) is 8.86. The molecule has 0 heterocycles. The number of hydrogen-bond acceptors (Lipinski definition) is 2. The Balaban J connectivity index is 2.31. The predicted octanol–water partition coefficient (Wildman–Crippen LogP) is 5.03. The van der Waals surface area contributed by atoms with Crippen LogP contribution in [0.3, 0.4) is 0 Å². The van der Waals surface area contributed by atoms with Crippen molar-refractivity contribution in [2.45, 2.75) is 5.25 Å². The monoisotopic (exact) mass is 273 g/mol. The number of benzene rings is 2. The molecule has 1 unspecified atom stereocenters. The highest BCUT2D eigenvalue weighted by Gasteiger charge is 2.23. The van der Waals surface area contributed by atoms with Gasteiger partial charge in [0.15, 0.2) is 0 Å². The van der Waals surface area contributed by atoms with Gasteiger partial charge in [-0.2, -0.15) is 23.5 Å². The van der Waals surface area contributed by atoms with Crippen LogP contribution in [0.1, 0.15) is 16.4 Å². The molecule has 93 valence electrons. The summed E-state index contributed by atoms with van der Waals surface area (Å²) in [5, 5.41) is 1.85. The lowest BCUT2D eigenvalue weighted by molar-refractivity contribution is 1.10. The molecular formula is C16H17S2. The molecule has 2 aromatic rings. The number of thioether (sulfide) groups is 2. The van der Waals surface area contributed by atoms with Crippen molar-refractivity contribution in [2.24, 2.45) is 0 Å². The van der Waals surface area contributed by atoms with Crippen molar-refractivity contribution in [3.05, 3.63) is 77.0 Å². The third-order valence-corrected chi connectivity index (χ3v) is 4.89. The van der Waals surface area contributed by atoms with Gasteiger partial charge in [-0.3, -0.25) is 0 Å². The molecule has 1 atom stereocenters. The number of hydrogen-bond donors (Lipinski definition) is 0. The van der Waals surface area contributed by atoms with Gasteiger partial charge in [-0.15, -0.1) is 0 Å². The molecule has 2 heteroatoms. The summed E-state index contributed by atoms with van der Waals surface area (Å²) in [5.74, 6) is 0. The third kappa shape index (κ3) is 3.12. The average molecular weight is 273 g/mol. The lowest BCUT2D eigenvalue weighted by atomic mass is 10.0. The second-order valence-electron chi connectivity index (χ2n) is 3.96. The fourth-order valence-electron chi connectivity index (χ4n) is 2.00. The van der Waals surface area contributed by atoms with Gasteiger partial charge < -0.3 is 0 Å². The zero-order valence-electron chi connectivity index (χ0n) is 10.7. The summed E-state index contributed by atoms with van der Waals surface area (Å²) >= 11 is 3.74. The van der Waals surface area contributed by atoms with Crippen LogP contribution in [0.15, 0.2) is 60.7 Å². The van der Waals surface area contributed by atoms with Crippen LogP contribution in [-0.2, 0) is 0 Å². The quantitative estimate of drug-likeness (QED) is 0.749. The first kappa shape index (κ1) is 13.6. The normalized spacial score (nSPS) is 12.6. The summed E-state index contributed by atoms with van der Waals surface area (Å²) in [6.07, 6.45) is 4.34. The van der Waals surface area contributed by atoms with E-state index in [0.29, 0.717) is 5.25 Å². The van der Waals surface area contributed by atoms with Crippen molar-refractivity contribution in [1.82, 2.24) is 0 Å². The van der Waals surface area contributed by atoms with Gasteiger partial charge in [0.2, 0.25) is 0 Å². The van der Waals surface area contributed by atoms with Crippen molar-refractivity contribution >= 4 is 23.5 Å². The summed E-state index contributed by atoms with van der Waals surface area (Å²) in [6.45, 7) is 0. The second-order valence-corrected chi connectivity index (χ2v) is 5.75. The topological polar surface area (TPSA) is 0 Å². The van der Waals surface area contributed by atoms with E-state index in [4.69, 9.17) is 0 Å². The molecule has 0 fully saturated rings. The van der Waals surface area contributed by atoms with Crippen LogP contribution in [0.4, 0.5) is 0 Å². The van der Waals surface area contributed by atoms with Crippen molar-refractivity contribution in [3.8, 4) is 0 Å². The Bertz CT molecular complexity index is 408. The SMILES string of the molecule is CS[C](c1ccccc1)C(SC)c1ccccc1. The summed E-state index contributed by atoms with van der Waals surface area (Å²) in [4.78, 5) is 0. The Morgan fingerprint density at radius 1 is 0.833 bits per heavy atom. The van der Waals surface area contributed by atoms with E-state index in [-0.39, 0.29) is 0 Å². The Morgan fingerprint density at radius 2 is 1.39 bits per heavy atom. The lowest BCUT2D eigenvalue weighted by Crippen LogP contribution is -2.05. The first-order valence-corrected chi connectivity index (χ1v) is 8.42. The molecule has 0 bridgehead atoms. The second kappa shape index (κ2) is 6.91. The largest absolute Gasteiger partial charge is 0.155 e. The Hall–Kier alpha value is -0.860. The zero-order chi connectivity index (χ0) is 12.8. The van der Waals surface area contributed by atoms with Crippen LogP contribution in [0.25, 0.3) is 0 Å². The van der Waals surface area contributed by atoms with Gasteiger partial charge in [0.25, 0.3) is 0 Å². The molecule has 0 nitrogen and oxygen atoms in total. The smallest absolute Gasteiger partial charge is 0.0765 e. The first-order valence-electron chi connectivity index (χ1n) is 5.91. The van der Waals surface area contributed by atoms with E-state index in [1.165, 1.54) is 16.4 Å². The van der Waals surface area contributed by atoms with E-state index in [9.17, 15) is 0 Å². The Labute approximate surface area is 118 Å². The molecule has 2 rings (SSSR count). The van der Waals surface area contributed by atoms with E-state index < -0.39 is 0 Å². The maximum Gasteiger partial charge on any atom is 0.0765 e. The van der Waals surface area contributed by atoms with E-state index in [0.717, 1.165) is 0 Å². The molecule has 0 saturated carbocycles. The third-order valence-electron chi connectivity index (χ3n) is 2.85. The van der Waals surface area contributed by atoms with Gasteiger partial charge >= 0.3 is 0 Å². The predicted molar refractivity (Wildman–Crippen MR) is 85.0 cm³/mol. The van der Waals surface area contributed by atoms with E-state index >= 15 is 0 Å². The minimum Gasteiger partial charge on any atom is -0.155 e. The molecule has 0 aliphatic heterocycles. The molecule has 1 radical (unpaired) electrons. The summed E-state index contributed by atoms with van der Waals surface area (Å²) in [6, 6.07) is 21.4. The van der Waals surface area contributed by atoms with Gasteiger partial charge in [-0.25, -0.2) is 0 Å². The summed E-state index contributed by atoms with van der Waals surface area (Å²) in [7, 11) is 0. The van der Waals surface area contributed by atoms with Gasteiger partial charge in [-0.05, 0) is 23.6 Å². The van der Waals surface area contributed by atoms with E-state index in [1.807, 2.05) is 23.5 Å². The molecule has 0 N–H and O–H groups in total. The van der Waals surface area contributed by atoms with Crippen molar-refractivity contribution in [2.75, 3.05) is 12.5 Å². The maximum absolute atomic E-state index is 2.21. The zero-order valence-corrected chi connectivity index (χ0v) is 12.3. The van der Waals surface area contributed by atoms with Crippen LogP contribution in [0.2, 0.25) is 0 Å². The Morgan fingerprint density at radius 3 is 1.89 bits per heavy atom. The fourth-order valence-corrected chi connectivity index (χ4v) is 4.08. The highest BCUT2D eigenvalue weighted by molar-refractivity contribution is 8.04. The van der Waals surface area contributed by atoms with Gasteiger partial charge in [0, 0.05) is 5.25 Å². The summed E-state index contributed by atoms with van der Waals surface area (Å²) < 4.78 is 0. The van der Waals surface area contributed by atoms with E-state index in [1.54, 1.807) is 0 Å². The molecule has 2 aromatic carbocycles. The van der Waals surface area contributed by atoms with Crippen LogP contribution < -0.4 is 0 Å². The molecule has 0 aliphatic carbocycles.